The summed E-state index contributed by atoms with van der Waals surface area (Å²) in [5.74, 6) is -0.113. The van der Waals surface area contributed by atoms with Gasteiger partial charge in [0.15, 0.2) is 0 Å². The summed E-state index contributed by atoms with van der Waals surface area (Å²) in [6, 6.07) is 11.6. The summed E-state index contributed by atoms with van der Waals surface area (Å²) in [4.78, 5) is 23.7. The molecular formula is C17H16ClNO4. The number of carbonyl (C=O) groups excluding carboxylic acids is 2. The van der Waals surface area contributed by atoms with Gasteiger partial charge in [0.25, 0.3) is 0 Å². The van der Waals surface area contributed by atoms with Gasteiger partial charge in [-0.3, -0.25) is 4.79 Å². The maximum atomic E-state index is 12.2. The van der Waals surface area contributed by atoms with E-state index >= 15 is 0 Å². The van der Waals surface area contributed by atoms with Crippen molar-refractivity contribution < 1.29 is 19.1 Å². The number of esters is 1. The second-order valence-electron chi connectivity index (χ2n) is 4.75. The first kappa shape index (κ1) is 16.8. The van der Waals surface area contributed by atoms with Gasteiger partial charge < -0.3 is 14.8 Å². The highest BCUT2D eigenvalue weighted by Gasteiger charge is 2.11. The van der Waals surface area contributed by atoms with E-state index in [1.54, 1.807) is 42.5 Å². The van der Waals surface area contributed by atoms with Crippen molar-refractivity contribution in [2.75, 3.05) is 19.5 Å². The van der Waals surface area contributed by atoms with Crippen LogP contribution in [0.25, 0.3) is 0 Å². The van der Waals surface area contributed by atoms with Crippen LogP contribution in [0.2, 0.25) is 5.02 Å². The molecular weight excluding hydrogens is 318 g/mol. The largest absolute Gasteiger partial charge is 0.496 e. The molecule has 0 fully saturated rings. The lowest BCUT2D eigenvalue weighted by Crippen LogP contribution is -2.15. The van der Waals surface area contributed by atoms with E-state index in [4.69, 9.17) is 16.3 Å². The van der Waals surface area contributed by atoms with E-state index < -0.39 is 5.97 Å². The minimum atomic E-state index is -0.461. The molecule has 0 spiro atoms. The van der Waals surface area contributed by atoms with Gasteiger partial charge >= 0.3 is 5.97 Å². The van der Waals surface area contributed by atoms with Gasteiger partial charge in [-0.1, -0.05) is 17.7 Å². The van der Waals surface area contributed by atoms with Gasteiger partial charge in [-0.15, -0.1) is 0 Å². The summed E-state index contributed by atoms with van der Waals surface area (Å²) in [5.41, 5.74) is 1.56. The molecule has 2 aromatic rings. The molecule has 6 heteroatoms. The van der Waals surface area contributed by atoms with Crippen LogP contribution in [0.3, 0.4) is 0 Å². The van der Waals surface area contributed by atoms with Crippen LogP contribution in [-0.4, -0.2) is 26.1 Å². The van der Waals surface area contributed by atoms with Crippen LogP contribution in [0.15, 0.2) is 42.5 Å². The molecule has 2 aromatic carbocycles. The molecule has 0 unspecified atom stereocenters. The molecule has 0 aliphatic rings. The number of hydrogen-bond acceptors (Lipinski definition) is 4. The van der Waals surface area contributed by atoms with Crippen molar-refractivity contribution in [3.8, 4) is 5.75 Å². The van der Waals surface area contributed by atoms with E-state index in [0.29, 0.717) is 27.6 Å². The van der Waals surface area contributed by atoms with Gasteiger partial charge in [0.2, 0.25) is 5.91 Å². The summed E-state index contributed by atoms with van der Waals surface area (Å²) in [5, 5.41) is 3.26. The molecule has 0 atom stereocenters. The third-order valence-corrected chi connectivity index (χ3v) is 3.40. The SMILES string of the molecule is COC(=O)c1cccc(NC(=O)Cc2cc(Cl)ccc2OC)c1. The van der Waals surface area contributed by atoms with Crippen LogP contribution in [0.5, 0.6) is 5.75 Å². The second kappa shape index (κ2) is 7.65. The molecule has 0 heterocycles. The number of halogens is 1. The van der Waals surface area contributed by atoms with Crippen molar-refractivity contribution in [2.24, 2.45) is 0 Å². The number of methoxy groups -OCH3 is 2. The lowest BCUT2D eigenvalue weighted by Gasteiger charge is -2.10. The van der Waals surface area contributed by atoms with E-state index in [1.165, 1.54) is 14.2 Å². The standard InChI is InChI=1S/C17H16ClNO4/c1-22-15-7-6-13(18)8-12(15)10-16(20)19-14-5-3-4-11(9-14)17(21)23-2/h3-9H,10H2,1-2H3,(H,19,20). The van der Waals surface area contributed by atoms with Crippen molar-refractivity contribution in [2.45, 2.75) is 6.42 Å². The first-order valence-electron chi connectivity index (χ1n) is 6.84. The number of amides is 1. The maximum absolute atomic E-state index is 12.2. The molecule has 1 amide bonds. The lowest BCUT2D eigenvalue weighted by molar-refractivity contribution is -0.115. The van der Waals surface area contributed by atoms with Gasteiger partial charge in [0.05, 0.1) is 26.2 Å². The van der Waals surface area contributed by atoms with Gasteiger partial charge in [-0.2, -0.15) is 0 Å². The predicted octanol–water partition coefficient (Wildman–Crippen LogP) is 3.32. The molecule has 0 aromatic heterocycles. The van der Waals surface area contributed by atoms with E-state index in [0.717, 1.165) is 0 Å². The van der Waals surface area contributed by atoms with E-state index in [9.17, 15) is 9.59 Å². The predicted molar refractivity (Wildman–Crippen MR) is 88.1 cm³/mol. The smallest absolute Gasteiger partial charge is 0.337 e. The fourth-order valence-corrected chi connectivity index (χ4v) is 2.30. The van der Waals surface area contributed by atoms with Gasteiger partial charge in [-0.05, 0) is 36.4 Å². The Morgan fingerprint density at radius 2 is 1.91 bits per heavy atom. The Morgan fingerprint density at radius 1 is 1.13 bits per heavy atom. The van der Waals surface area contributed by atoms with Crippen molar-refractivity contribution in [3.05, 3.63) is 58.6 Å². The van der Waals surface area contributed by atoms with Crippen LogP contribution < -0.4 is 10.1 Å². The summed E-state index contributed by atoms with van der Waals surface area (Å²) < 4.78 is 9.87. The number of benzene rings is 2. The fourth-order valence-electron chi connectivity index (χ4n) is 2.11. The Labute approximate surface area is 139 Å². The van der Waals surface area contributed by atoms with Crippen molar-refractivity contribution >= 4 is 29.2 Å². The first-order chi connectivity index (χ1) is 11.0. The second-order valence-corrected chi connectivity index (χ2v) is 5.19. The summed E-state index contributed by atoms with van der Waals surface area (Å²) in [7, 11) is 2.84. The van der Waals surface area contributed by atoms with Gasteiger partial charge in [0.1, 0.15) is 5.75 Å². The van der Waals surface area contributed by atoms with Gasteiger partial charge in [-0.25, -0.2) is 4.79 Å². The molecule has 0 aliphatic heterocycles. The zero-order chi connectivity index (χ0) is 16.8. The number of nitrogens with one attached hydrogen (secondary N) is 1. The van der Waals surface area contributed by atoms with Crippen LogP contribution >= 0.6 is 11.6 Å². The monoisotopic (exact) mass is 333 g/mol. The Morgan fingerprint density at radius 3 is 2.61 bits per heavy atom. The molecule has 120 valence electrons. The molecule has 0 radical (unpaired) electrons. The van der Waals surface area contributed by atoms with E-state index in [-0.39, 0.29) is 12.3 Å². The molecule has 5 nitrogen and oxygen atoms in total. The average Bonchev–Trinajstić information content (AvgIpc) is 2.54. The fraction of sp³-hybridized carbons (Fsp3) is 0.176. The summed E-state index contributed by atoms with van der Waals surface area (Å²) >= 11 is 5.95. The van der Waals surface area contributed by atoms with Gasteiger partial charge in [0, 0.05) is 16.3 Å². The van der Waals surface area contributed by atoms with Crippen LogP contribution in [0.4, 0.5) is 5.69 Å². The maximum Gasteiger partial charge on any atom is 0.337 e. The number of anilines is 1. The third kappa shape index (κ3) is 4.47. The quantitative estimate of drug-likeness (QED) is 0.852. The average molecular weight is 334 g/mol. The molecule has 1 N–H and O–H groups in total. The van der Waals surface area contributed by atoms with E-state index in [1.807, 2.05) is 0 Å². The van der Waals surface area contributed by atoms with Crippen molar-refractivity contribution in [1.82, 2.24) is 0 Å². The number of hydrogen-bond donors (Lipinski definition) is 1. The number of ether oxygens (including phenoxy) is 2. The van der Waals surface area contributed by atoms with Crippen molar-refractivity contribution in [1.29, 1.82) is 0 Å². The molecule has 0 saturated carbocycles. The zero-order valence-electron chi connectivity index (χ0n) is 12.8. The highest BCUT2D eigenvalue weighted by Crippen LogP contribution is 2.23. The van der Waals surface area contributed by atoms with E-state index in [2.05, 4.69) is 10.1 Å². The summed E-state index contributed by atoms with van der Waals surface area (Å²) in [6.07, 6.45) is 0.103. The topological polar surface area (TPSA) is 64.6 Å². The van der Waals surface area contributed by atoms with Crippen LogP contribution in [0, 0.1) is 0 Å². The third-order valence-electron chi connectivity index (χ3n) is 3.16. The zero-order valence-corrected chi connectivity index (χ0v) is 13.5. The highest BCUT2D eigenvalue weighted by atomic mass is 35.5. The van der Waals surface area contributed by atoms with Crippen molar-refractivity contribution in [3.63, 3.8) is 0 Å². The first-order valence-corrected chi connectivity index (χ1v) is 7.22. The Balaban J connectivity index is 2.11. The Kier molecular flexibility index (Phi) is 5.60. The van der Waals surface area contributed by atoms with Crippen LogP contribution in [-0.2, 0) is 16.0 Å². The van der Waals surface area contributed by atoms with Crippen LogP contribution in [0.1, 0.15) is 15.9 Å². The normalized spacial score (nSPS) is 10.0. The molecule has 0 bridgehead atoms. The highest BCUT2D eigenvalue weighted by molar-refractivity contribution is 6.30. The number of rotatable bonds is 5. The summed E-state index contributed by atoms with van der Waals surface area (Å²) in [6.45, 7) is 0. The lowest BCUT2D eigenvalue weighted by atomic mass is 10.1. The minimum absolute atomic E-state index is 0.103. The molecule has 23 heavy (non-hydrogen) atoms. The molecule has 0 saturated heterocycles. The number of carbonyl (C=O) groups is 2. The minimum Gasteiger partial charge on any atom is -0.496 e. The Hall–Kier alpha value is -2.53. The Bertz CT molecular complexity index is 730. The molecule has 0 aliphatic carbocycles. The molecule has 2 rings (SSSR count).